The molecule has 0 saturated heterocycles. The van der Waals surface area contributed by atoms with Crippen molar-refractivity contribution in [2.75, 3.05) is 13.2 Å². The fourth-order valence-corrected chi connectivity index (χ4v) is 3.62. The quantitative estimate of drug-likeness (QED) is 0.682. The van der Waals surface area contributed by atoms with E-state index >= 15 is 0 Å². The predicted molar refractivity (Wildman–Crippen MR) is 84.9 cm³/mol. The predicted octanol–water partition coefficient (Wildman–Crippen LogP) is 4.12. The Morgan fingerprint density at radius 1 is 1.11 bits per heavy atom. The van der Waals surface area contributed by atoms with E-state index in [2.05, 4.69) is 34.3 Å². The second-order valence-electron chi connectivity index (χ2n) is 4.59. The molecule has 4 heteroatoms. The Kier molecular flexibility index (Phi) is 6.57. The Balaban J connectivity index is 1.64. The van der Waals surface area contributed by atoms with Gasteiger partial charge < -0.3 is 10.4 Å². The lowest BCUT2D eigenvalue weighted by Crippen LogP contribution is -2.13. The molecule has 19 heavy (non-hydrogen) atoms. The maximum atomic E-state index is 8.68. The maximum Gasteiger partial charge on any atom is 0.0431 e. The number of nitrogens with one attached hydrogen (secondary N) is 1. The van der Waals surface area contributed by atoms with Gasteiger partial charge >= 0.3 is 0 Å². The van der Waals surface area contributed by atoms with Gasteiger partial charge in [0.05, 0.1) is 0 Å². The summed E-state index contributed by atoms with van der Waals surface area (Å²) >= 11 is 3.63. The lowest BCUT2D eigenvalue weighted by Gasteiger charge is -2.02. The van der Waals surface area contributed by atoms with Crippen LogP contribution in [-0.2, 0) is 6.54 Å². The summed E-state index contributed by atoms with van der Waals surface area (Å²) in [7, 11) is 0. The molecule has 2 aromatic heterocycles. The Hall–Kier alpha value is -0.680. The van der Waals surface area contributed by atoms with Gasteiger partial charge in [-0.15, -0.1) is 22.7 Å². The van der Waals surface area contributed by atoms with Gasteiger partial charge in [0, 0.05) is 28.5 Å². The number of aliphatic hydroxyl groups is 1. The highest BCUT2D eigenvalue weighted by molar-refractivity contribution is 7.14. The molecule has 0 bridgehead atoms. The molecule has 0 fully saturated rings. The van der Waals surface area contributed by atoms with E-state index in [-0.39, 0.29) is 0 Å². The van der Waals surface area contributed by atoms with Gasteiger partial charge in [-0.1, -0.05) is 18.9 Å². The van der Waals surface area contributed by atoms with E-state index in [4.69, 9.17) is 5.11 Å². The first-order valence-electron chi connectivity index (χ1n) is 6.83. The van der Waals surface area contributed by atoms with E-state index in [0.717, 1.165) is 25.9 Å². The Bertz CT molecular complexity index is 450. The third-order valence-electron chi connectivity index (χ3n) is 3.02. The fourth-order valence-electron chi connectivity index (χ4n) is 1.97. The molecule has 0 aliphatic carbocycles. The van der Waals surface area contributed by atoms with Crippen LogP contribution in [0.15, 0.2) is 29.0 Å². The average molecular weight is 295 g/mol. The Morgan fingerprint density at radius 3 is 2.79 bits per heavy atom. The van der Waals surface area contributed by atoms with Crippen molar-refractivity contribution in [2.24, 2.45) is 0 Å². The van der Waals surface area contributed by atoms with Crippen LogP contribution >= 0.6 is 22.7 Å². The first kappa shape index (κ1) is 14.7. The standard InChI is InChI=1S/C15H21NOS2/c17-8-4-2-1-3-7-16-11-14-10-13(12-19-14)15-6-5-9-18-15/h5-6,9-10,12,16-17H,1-4,7-8,11H2. The molecular weight excluding hydrogens is 274 g/mol. The van der Waals surface area contributed by atoms with E-state index in [1.54, 1.807) is 11.3 Å². The molecule has 2 nitrogen and oxygen atoms in total. The fraction of sp³-hybridized carbons (Fsp3) is 0.467. The molecule has 0 radical (unpaired) electrons. The van der Waals surface area contributed by atoms with E-state index in [1.165, 1.54) is 28.2 Å². The Labute approximate surface area is 123 Å². The molecule has 0 atom stereocenters. The molecule has 0 amide bonds. The monoisotopic (exact) mass is 295 g/mol. The largest absolute Gasteiger partial charge is 0.396 e. The SMILES string of the molecule is OCCCCCCNCc1cc(-c2cccs2)cs1. The minimum Gasteiger partial charge on any atom is -0.396 e. The first-order chi connectivity index (χ1) is 9.40. The molecule has 2 aromatic rings. The number of aliphatic hydroxyl groups excluding tert-OH is 1. The summed E-state index contributed by atoms with van der Waals surface area (Å²) in [6.45, 7) is 2.36. The van der Waals surface area contributed by atoms with Crippen molar-refractivity contribution in [3.05, 3.63) is 33.8 Å². The van der Waals surface area contributed by atoms with Crippen LogP contribution in [0.25, 0.3) is 10.4 Å². The highest BCUT2D eigenvalue weighted by Crippen LogP contribution is 2.29. The maximum absolute atomic E-state index is 8.68. The van der Waals surface area contributed by atoms with Crippen LogP contribution < -0.4 is 5.32 Å². The van der Waals surface area contributed by atoms with Gasteiger partial charge in [-0.3, -0.25) is 0 Å². The number of rotatable bonds is 9. The van der Waals surface area contributed by atoms with E-state index in [0.29, 0.717) is 6.61 Å². The normalized spacial score (nSPS) is 11.0. The lowest BCUT2D eigenvalue weighted by molar-refractivity contribution is 0.282. The molecule has 2 rings (SSSR count). The van der Waals surface area contributed by atoms with Gasteiger partial charge in [0.2, 0.25) is 0 Å². The lowest BCUT2D eigenvalue weighted by atomic mass is 10.2. The summed E-state index contributed by atoms with van der Waals surface area (Å²) in [5.74, 6) is 0. The zero-order chi connectivity index (χ0) is 13.3. The van der Waals surface area contributed by atoms with Gasteiger partial charge in [0.1, 0.15) is 0 Å². The van der Waals surface area contributed by atoms with E-state index in [9.17, 15) is 0 Å². The van der Waals surface area contributed by atoms with Gasteiger partial charge in [-0.25, -0.2) is 0 Å². The minimum atomic E-state index is 0.328. The van der Waals surface area contributed by atoms with E-state index < -0.39 is 0 Å². The van der Waals surface area contributed by atoms with Gasteiger partial charge in [-0.2, -0.15) is 0 Å². The topological polar surface area (TPSA) is 32.3 Å². The third-order valence-corrected chi connectivity index (χ3v) is 4.88. The van der Waals surface area contributed by atoms with Crippen LogP contribution in [0.4, 0.5) is 0 Å². The highest BCUT2D eigenvalue weighted by atomic mass is 32.1. The van der Waals surface area contributed by atoms with Crippen LogP contribution in [0, 0.1) is 0 Å². The molecule has 0 unspecified atom stereocenters. The molecule has 0 aliphatic rings. The third kappa shape index (κ3) is 5.07. The van der Waals surface area contributed by atoms with Crippen molar-refractivity contribution in [3.8, 4) is 10.4 Å². The number of hydrogen-bond acceptors (Lipinski definition) is 4. The van der Waals surface area contributed by atoms with Crippen LogP contribution in [0.1, 0.15) is 30.6 Å². The zero-order valence-electron chi connectivity index (χ0n) is 11.1. The van der Waals surface area contributed by atoms with Gasteiger partial charge in [0.15, 0.2) is 0 Å². The van der Waals surface area contributed by atoms with E-state index in [1.807, 2.05) is 11.3 Å². The molecule has 104 valence electrons. The first-order valence-corrected chi connectivity index (χ1v) is 8.59. The van der Waals surface area contributed by atoms with Crippen molar-refractivity contribution in [1.29, 1.82) is 0 Å². The second-order valence-corrected chi connectivity index (χ2v) is 6.54. The summed E-state index contributed by atoms with van der Waals surface area (Å²) in [4.78, 5) is 2.75. The number of unbranched alkanes of at least 4 members (excludes halogenated alkanes) is 3. The van der Waals surface area contributed by atoms with Crippen molar-refractivity contribution < 1.29 is 5.11 Å². The van der Waals surface area contributed by atoms with Crippen molar-refractivity contribution in [3.63, 3.8) is 0 Å². The van der Waals surface area contributed by atoms with Crippen molar-refractivity contribution >= 4 is 22.7 Å². The van der Waals surface area contributed by atoms with Crippen molar-refractivity contribution in [1.82, 2.24) is 5.32 Å². The summed E-state index contributed by atoms with van der Waals surface area (Å²) in [5.41, 5.74) is 1.35. The number of hydrogen-bond donors (Lipinski definition) is 2. The van der Waals surface area contributed by atoms with Crippen LogP contribution in [-0.4, -0.2) is 18.3 Å². The zero-order valence-corrected chi connectivity index (χ0v) is 12.7. The van der Waals surface area contributed by atoms with Crippen LogP contribution in [0.2, 0.25) is 0 Å². The molecule has 2 heterocycles. The molecule has 0 saturated carbocycles. The van der Waals surface area contributed by atoms with Gasteiger partial charge in [-0.05, 0) is 42.3 Å². The van der Waals surface area contributed by atoms with Crippen LogP contribution in [0.3, 0.4) is 0 Å². The highest BCUT2D eigenvalue weighted by Gasteiger charge is 2.02. The summed E-state index contributed by atoms with van der Waals surface area (Å²) in [5, 5.41) is 16.5. The average Bonchev–Trinajstić information content (AvgIpc) is 3.08. The van der Waals surface area contributed by atoms with Gasteiger partial charge in [0.25, 0.3) is 0 Å². The summed E-state index contributed by atoms with van der Waals surface area (Å²) < 4.78 is 0. The molecule has 2 N–H and O–H groups in total. The summed E-state index contributed by atoms with van der Waals surface area (Å²) in [6.07, 6.45) is 4.48. The minimum absolute atomic E-state index is 0.328. The smallest absolute Gasteiger partial charge is 0.0431 e. The summed E-state index contributed by atoms with van der Waals surface area (Å²) in [6, 6.07) is 6.56. The molecular formula is C15H21NOS2. The molecule has 0 aliphatic heterocycles. The number of thiophene rings is 2. The Morgan fingerprint density at radius 2 is 2.00 bits per heavy atom. The second kappa shape index (κ2) is 8.48. The molecule has 0 spiro atoms. The molecule has 0 aromatic carbocycles. The van der Waals surface area contributed by atoms with Crippen molar-refractivity contribution in [2.45, 2.75) is 32.2 Å². The van der Waals surface area contributed by atoms with Crippen LogP contribution in [0.5, 0.6) is 0 Å².